The van der Waals surface area contributed by atoms with Crippen molar-refractivity contribution < 1.29 is 19.8 Å². The summed E-state index contributed by atoms with van der Waals surface area (Å²) in [6.45, 7) is 0. The predicted molar refractivity (Wildman–Crippen MR) is 62.6 cm³/mol. The molecule has 0 aliphatic rings. The number of nitrogens with zero attached hydrogens (tertiary/aromatic N) is 2. The zero-order valence-corrected chi connectivity index (χ0v) is 9.63. The third kappa shape index (κ3) is 2.10. The molecule has 0 spiro atoms. The summed E-state index contributed by atoms with van der Waals surface area (Å²) in [5.41, 5.74) is -0.130. The minimum Gasteiger partial charge on any atom is -0.480 e. The summed E-state index contributed by atoms with van der Waals surface area (Å²) < 4.78 is 0. The Balaban J connectivity index is 2.73. The summed E-state index contributed by atoms with van der Waals surface area (Å²) in [6.07, 6.45) is 1.41. The van der Waals surface area contributed by atoms with Gasteiger partial charge in [0.15, 0.2) is 5.92 Å². The van der Waals surface area contributed by atoms with Crippen LogP contribution in [0.1, 0.15) is 11.6 Å². The van der Waals surface area contributed by atoms with Gasteiger partial charge in [-0.25, -0.2) is 0 Å². The third-order valence-corrected chi connectivity index (χ3v) is 2.66. The molecule has 0 radical (unpaired) electrons. The van der Waals surface area contributed by atoms with Crippen molar-refractivity contribution in [3.05, 3.63) is 35.1 Å². The number of halogens is 1. The fourth-order valence-electron chi connectivity index (χ4n) is 1.62. The number of rotatable bonds is 3. The van der Waals surface area contributed by atoms with Crippen molar-refractivity contribution >= 4 is 34.3 Å². The number of hydrogen-bond acceptors (Lipinski definition) is 4. The lowest BCUT2D eigenvalue weighted by Gasteiger charge is -2.09. The van der Waals surface area contributed by atoms with Gasteiger partial charge in [-0.2, -0.15) is 10.2 Å². The Morgan fingerprint density at radius 1 is 1.22 bits per heavy atom. The van der Waals surface area contributed by atoms with E-state index in [0.29, 0.717) is 15.8 Å². The van der Waals surface area contributed by atoms with Gasteiger partial charge in [-0.15, -0.1) is 0 Å². The number of fused-ring (bicyclic) bond motifs is 1. The summed E-state index contributed by atoms with van der Waals surface area (Å²) >= 11 is 5.81. The third-order valence-electron chi connectivity index (χ3n) is 2.42. The van der Waals surface area contributed by atoms with Gasteiger partial charge in [0, 0.05) is 15.8 Å². The Morgan fingerprint density at radius 2 is 1.89 bits per heavy atom. The highest BCUT2D eigenvalue weighted by atomic mass is 35.5. The minimum absolute atomic E-state index is 0.130. The number of aromatic nitrogens is 2. The molecule has 0 unspecified atom stereocenters. The molecule has 0 saturated carbocycles. The van der Waals surface area contributed by atoms with Crippen molar-refractivity contribution in [3.8, 4) is 0 Å². The molecule has 0 aliphatic heterocycles. The molecular formula is C11H7ClN2O4. The van der Waals surface area contributed by atoms with Gasteiger partial charge in [-0.3, -0.25) is 9.59 Å². The molecule has 1 heterocycles. The smallest absolute Gasteiger partial charge is 0.324 e. The van der Waals surface area contributed by atoms with E-state index >= 15 is 0 Å². The van der Waals surface area contributed by atoms with Gasteiger partial charge < -0.3 is 10.2 Å². The Bertz CT molecular complexity index is 630. The molecule has 0 fully saturated rings. The van der Waals surface area contributed by atoms with E-state index in [2.05, 4.69) is 10.2 Å². The molecule has 1 aromatic carbocycles. The van der Waals surface area contributed by atoms with Gasteiger partial charge >= 0.3 is 11.9 Å². The van der Waals surface area contributed by atoms with Crippen LogP contribution in [-0.2, 0) is 9.59 Å². The Labute approximate surface area is 106 Å². The van der Waals surface area contributed by atoms with Crippen LogP contribution in [0.3, 0.4) is 0 Å². The lowest BCUT2D eigenvalue weighted by molar-refractivity contribution is -0.150. The second-order valence-electron chi connectivity index (χ2n) is 3.57. The van der Waals surface area contributed by atoms with Crippen LogP contribution in [0.25, 0.3) is 10.8 Å². The molecule has 2 rings (SSSR count). The first-order valence-electron chi connectivity index (χ1n) is 4.87. The van der Waals surface area contributed by atoms with Crippen LogP contribution in [0.2, 0.25) is 5.02 Å². The van der Waals surface area contributed by atoms with Gasteiger partial charge in [0.2, 0.25) is 0 Å². The zero-order valence-electron chi connectivity index (χ0n) is 8.87. The van der Waals surface area contributed by atoms with E-state index in [0.717, 1.165) is 0 Å². The van der Waals surface area contributed by atoms with Crippen molar-refractivity contribution in [2.75, 3.05) is 0 Å². The van der Waals surface area contributed by atoms with Crippen molar-refractivity contribution in [1.82, 2.24) is 10.2 Å². The molecule has 18 heavy (non-hydrogen) atoms. The quantitative estimate of drug-likeness (QED) is 0.817. The van der Waals surface area contributed by atoms with E-state index in [1.54, 1.807) is 12.1 Å². The maximum absolute atomic E-state index is 11.0. The lowest BCUT2D eigenvalue weighted by atomic mass is 10.0. The molecule has 2 aromatic rings. The standard InChI is InChI=1S/C11H7ClN2O4/c12-6-2-1-5-4-13-14-9(7(5)3-6)8(10(15)16)11(17)18/h1-4,8H,(H,15,16)(H,17,18). The fraction of sp³-hybridized carbons (Fsp3) is 0.0909. The summed E-state index contributed by atoms with van der Waals surface area (Å²) in [4.78, 5) is 22.0. The summed E-state index contributed by atoms with van der Waals surface area (Å²) in [5, 5.41) is 26.4. The van der Waals surface area contributed by atoms with E-state index in [1.165, 1.54) is 12.3 Å². The average Bonchev–Trinajstić information content (AvgIpc) is 2.29. The first kappa shape index (κ1) is 12.3. The second-order valence-corrected chi connectivity index (χ2v) is 4.01. The highest BCUT2D eigenvalue weighted by molar-refractivity contribution is 6.31. The number of carbonyl (C=O) groups is 2. The van der Waals surface area contributed by atoms with E-state index in [1.807, 2.05) is 0 Å². The molecule has 1 aromatic heterocycles. The highest BCUT2D eigenvalue weighted by Crippen LogP contribution is 2.26. The second kappa shape index (κ2) is 4.58. The Kier molecular flexibility index (Phi) is 3.12. The molecule has 0 atom stereocenters. The molecule has 0 saturated heterocycles. The first-order valence-corrected chi connectivity index (χ1v) is 5.25. The minimum atomic E-state index is -1.76. The molecular weight excluding hydrogens is 260 g/mol. The number of aliphatic carboxylic acids is 2. The SMILES string of the molecule is O=C(O)C(C(=O)O)c1nncc2ccc(Cl)cc12. The fourth-order valence-corrected chi connectivity index (χ4v) is 1.79. The maximum atomic E-state index is 11.0. The van der Waals surface area contributed by atoms with Gasteiger partial charge in [0.05, 0.1) is 11.9 Å². The van der Waals surface area contributed by atoms with Crippen LogP contribution in [0.4, 0.5) is 0 Å². The number of carboxylic acid groups (broad SMARTS) is 2. The summed E-state index contributed by atoms with van der Waals surface area (Å²) in [7, 11) is 0. The van der Waals surface area contributed by atoms with E-state index in [9.17, 15) is 9.59 Å². The number of carboxylic acids is 2. The van der Waals surface area contributed by atoms with Crippen LogP contribution in [0, 0.1) is 0 Å². The van der Waals surface area contributed by atoms with Crippen molar-refractivity contribution in [3.63, 3.8) is 0 Å². The van der Waals surface area contributed by atoms with Crippen LogP contribution in [-0.4, -0.2) is 32.3 Å². The molecule has 92 valence electrons. The van der Waals surface area contributed by atoms with E-state index in [-0.39, 0.29) is 5.69 Å². The summed E-state index contributed by atoms with van der Waals surface area (Å²) in [5.74, 6) is -4.76. The van der Waals surface area contributed by atoms with Crippen LogP contribution < -0.4 is 0 Å². The zero-order chi connectivity index (χ0) is 13.3. The van der Waals surface area contributed by atoms with E-state index < -0.39 is 17.9 Å². The van der Waals surface area contributed by atoms with Gasteiger partial charge in [-0.1, -0.05) is 17.7 Å². The molecule has 6 nitrogen and oxygen atoms in total. The Morgan fingerprint density at radius 3 is 2.50 bits per heavy atom. The predicted octanol–water partition coefficient (Wildman–Crippen LogP) is 1.54. The first-order chi connectivity index (χ1) is 8.50. The molecule has 2 N–H and O–H groups in total. The molecule has 7 heteroatoms. The number of hydrogen-bond donors (Lipinski definition) is 2. The van der Waals surface area contributed by atoms with Crippen LogP contribution in [0.5, 0.6) is 0 Å². The van der Waals surface area contributed by atoms with Crippen molar-refractivity contribution in [1.29, 1.82) is 0 Å². The summed E-state index contributed by atoms with van der Waals surface area (Å²) in [6, 6.07) is 4.70. The van der Waals surface area contributed by atoms with Crippen molar-refractivity contribution in [2.24, 2.45) is 0 Å². The average molecular weight is 267 g/mol. The molecule has 0 bridgehead atoms. The maximum Gasteiger partial charge on any atom is 0.324 e. The molecule has 0 aliphatic carbocycles. The lowest BCUT2D eigenvalue weighted by Crippen LogP contribution is -2.22. The highest BCUT2D eigenvalue weighted by Gasteiger charge is 2.31. The van der Waals surface area contributed by atoms with Crippen molar-refractivity contribution in [2.45, 2.75) is 5.92 Å². The van der Waals surface area contributed by atoms with E-state index in [4.69, 9.17) is 21.8 Å². The number of benzene rings is 1. The van der Waals surface area contributed by atoms with Gasteiger partial charge in [-0.05, 0) is 12.1 Å². The Hall–Kier alpha value is -2.21. The van der Waals surface area contributed by atoms with Gasteiger partial charge in [0.1, 0.15) is 0 Å². The topological polar surface area (TPSA) is 100 Å². The monoisotopic (exact) mass is 266 g/mol. The normalized spacial score (nSPS) is 10.8. The molecule has 0 amide bonds. The van der Waals surface area contributed by atoms with Crippen LogP contribution in [0.15, 0.2) is 24.4 Å². The largest absolute Gasteiger partial charge is 0.480 e. The van der Waals surface area contributed by atoms with Gasteiger partial charge in [0.25, 0.3) is 0 Å². The van der Waals surface area contributed by atoms with Crippen LogP contribution >= 0.6 is 11.6 Å².